The molecule has 1 aliphatic carbocycles. The number of nitrogens with one attached hydrogen (secondary N) is 1. The first-order valence-corrected chi connectivity index (χ1v) is 6.52. The highest BCUT2D eigenvalue weighted by Crippen LogP contribution is 2.36. The number of aryl methyl sites for hydroxylation is 1. The van der Waals surface area contributed by atoms with Crippen molar-refractivity contribution in [3.8, 4) is 0 Å². The van der Waals surface area contributed by atoms with Gasteiger partial charge in [0.25, 0.3) is 0 Å². The molecule has 1 aromatic heterocycles. The van der Waals surface area contributed by atoms with E-state index in [1.165, 1.54) is 37.8 Å². The largest absolute Gasteiger partial charge is 0.445 e. The molecule has 88 valence electrons. The van der Waals surface area contributed by atoms with E-state index in [4.69, 9.17) is 4.42 Å². The van der Waals surface area contributed by atoms with Crippen LogP contribution in [0.25, 0.3) is 0 Å². The predicted octanol–water partition coefficient (Wildman–Crippen LogP) is 2.55. The van der Waals surface area contributed by atoms with Crippen LogP contribution in [-0.4, -0.2) is 17.6 Å². The number of hydrogen-bond acceptors (Lipinski definition) is 3. The Labute approximate surface area is 96.6 Å². The van der Waals surface area contributed by atoms with Gasteiger partial charge in [-0.15, -0.1) is 0 Å². The first-order valence-electron chi connectivity index (χ1n) is 6.52. The van der Waals surface area contributed by atoms with Gasteiger partial charge in [-0.1, -0.05) is 6.42 Å². The molecule has 2 aliphatic rings. The maximum atomic E-state index is 5.79. The Hall–Kier alpha value is -0.830. The third-order valence-corrected chi connectivity index (χ3v) is 3.97. The summed E-state index contributed by atoms with van der Waals surface area (Å²) in [7, 11) is 0. The topological polar surface area (TPSA) is 38.1 Å². The summed E-state index contributed by atoms with van der Waals surface area (Å²) in [4.78, 5) is 4.69. The predicted molar refractivity (Wildman–Crippen MR) is 62.6 cm³/mol. The highest BCUT2D eigenvalue weighted by atomic mass is 16.4. The van der Waals surface area contributed by atoms with Gasteiger partial charge in [-0.25, -0.2) is 4.98 Å². The lowest BCUT2D eigenvalue weighted by Crippen LogP contribution is -2.24. The van der Waals surface area contributed by atoms with Crippen LogP contribution in [0.3, 0.4) is 0 Å². The van der Waals surface area contributed by atoms with Gasteiger partial charge in [0.2, 0.25) is 0 Å². The highest BCUT2D eigenvalue weighted by molar-refractivity contribution is 5.13. The minimum absolute atomic E-state index is 0.615. The summed E-state index contributed by atoms with van der Waals surface area (Å²) in [6, 6.07) is 0.623. The van der Waals surface area contributed by atoms with E-state index in [1.807, 2.05) is 0 Å². The van der Waals surface area contributed by atoms with E-state index in [9.17, 15) is 0 Å². The molecule has 1 N–H and O–H groups in total. The van der Waals surface area contributed by atoms with E-state index >= 15 is 0 Å². The van der Waals surface area contributed by atoms with Gasteiger partial charge >= 0.3 is 0 Å². The lowest BCUT2D eigenvalue weighted by atomic mass is 9.85. The number of rotatable bonds is 3. The maximum Gasteiger partial charge on any atom is 0.197 e. The fourth-order valence-corrected chi connectivity index (χ4v) is 2.63. The molecule has 0 amide bonds. The summed E-state index contributed by atoms with van der Waals surface area (Å²) in [5, 5.41) is 3.52. The number of nitrogens with zero attached hydrogens (tertiary/aromatic N) is 1. The number of oxazole rings is 1. The number of hydrogen-bond donors (Lipinski definition) is 1. The monoisotopic (exact) mass is 220 g/mol. The van der Waals surface area contributed by atoms with Crippen molar-refractivity contribution in [3.05, 3.63) is 17.3 Å². The molecule has 2 heterocycles. The highest BCUT2D eigenvalue weighted by Gasteiger charge is 2.26. The summed E-state index contributed by atoms with van der Waals surface area (Å²) in [6.07, 6.45) is 7.50. The Morgan fingerprint density at radius 3 is 2.81 bits per heavy atom. The molecule has 3 heteroatoms. The van der Waals surface area contributed by atoms with E-state index in [0.29, 0.717) is 12.0 Å². The average molecular weight is 220 g/mol. The lowest BCUT2D eigenvalue weighted by molar-refractivity contribution is 0.329. The second kappa shape index (κ2) is 4.21. The van der Waals surface area contributed by atoms with Crippen LogP contribution in [0.4, 0.5) is 0 Å². The molecule has 1 aliphatic heterocycles. The quantitative estimate of drug-likeness (QED) is 0.850. The van der Waals surface area contributed by atoms with Gasteiger partial charge in [0.05, 0.1) is 5.69 Å². The first-order chi connectivity index (χ1) is 7.83. The SMILES string of the molecule is Cc1oc(C2CCC2)nc1CC1CCCN1. The van der Waals surface area contributed by atoms with Crippen molar-refractivity contribution in [3.63, 3.8) is 0 Å². The van der Waals surface area contributed by atoms with Gasteiger partial charge in [-0.3, -0.25) is 0 Å². The molecule has 0 radical (unpaired) electrons. The minimum atomic E-state index is 0.615. The van der Waals surface area contributed by atoms with Crippen LogP contribution in [0, 0.1) is 6.92 Å². The van der Waals surface area contributed by atoms with Crippen LogP contribution in [-0.2, 0) is 6.42 Å². The summed E-state index contributed by atoms with van der Waals surface area (Å²) in [5.74, 6) is 2.65. The van der Waals surface area contributed by atoms with Crippen molar-refractivity contribution < 1.29 is 4.42 Å². The Morgan fingerprint density at radius 1 is 1.31 bits per heavy atom. The Morgan fingerprint density at radius 2 is 2.19 bits per heavy atom. The summed E-state index contributed by atoms with van der Waals surface area (Å²) in [5.41, 5.74) is 1.18. The summed E-state index contributed by atoms with van der Waals surface area (Å²) < 4.78 is 5.79. The molecular formula is C13H20N2O. The van der Waals surface area contributed by atoms with Gasteiger partial charge in [0.1, 0.15) is 5.76 Å². The molecule has 1 aromatic rings. The van der Waals surface area contributed by atoms with Crippen LogP contribution in [0.5, 0.6) is 0 Å². The normalized spacial score (nSPS) is 25.9. The Kier molecular flexibility index (Phi) is 2.72. The van der Waals surface area contributed by atoms with Crippen LogP contribution in [0.2, 0.25) is 0 Å². The zero-order valence-corrected chi connectivity index (χ0v) is 9.96. The molecule has 1 unspecified atom stereocenters. The molecular weight excluding hydrogens is 200 g/mol. The molecule has 16 heavy (non-hydrogen) atoms. The van der Waals surface area contributed by atoms with Crippen LogP contribution < -0.4 is 5.32 Å². The summed E-state index contributed by atoms with van der Waals surface area (Å²) in [6.45, 7) is 3.22. The first kappa shape index (κ1) is 10.3. The molecule has 1 saturated heterocycles. The van der Waals surface area contributed by atoms with Gasteiger partial charge in [-0.05, 0) is 39.2 Å². The molecule has 0 bridgehead atoms. The zero-order valence-electron chi connectivity index (χ0n) is 9.96. The molecule has 0 aromatic carbocycles. The standard InChI is InChI=1S/C13H20N2O/c1-9-12(8-11-6-3-7-14-11)15-13(16-9)10-4-2-5-10/h10-11,14H,2-8H2,1H3. The molecule has 2 fully saturated rings. The smallest absolute Gasteiger partial charge is 0.197 e. The second-order valence-corrected chi connectivity index (χ2v) is 5.18. The number of aromatic nitrogens is 1. The van der Waals surface area contributed by atoms with Gasteiger partial charge in [0, 0.05) is 18.4 Å². The van der Waals surface area contributed by atoms with Crippen molar-refractivity contribution in [1.82, 2.24) is 10.3 Å². The van der Waals surface area contributed by atoms with Gasteiger partial charge < -0.3 is 9.73 Å². The van der Waals surface area contributed by atoms with Crippen molar-refractivity contribution in [1.29, 1.82) is 0 Å². The van der Waals surface area contributed by atoms with Crippen molar-refractivity contribution >= 4 is 0 Å². The molecule has 1 atom stereocenters. The minimum Gasteiger partial charge on any atom is -0.445 e. The van der Waals surface area contributed by atoms with Crippen LogP contribution in [0.1, 0.15) is 55.4 Å². The van der Waals surface area contributed by atoms with Gasteiger partial charge in [0.15, 0.2) is 5.89 Å². The third-order valence-electron chi connectivity index (χ3n) is 3.97. The van der Waals surface area contributed by atoms with Crippen LogP contribution in [0.15, 0.2) is 4.42 Å². The van der Waals surface area contributed by atoms with Gasteiger partial charge in [-0.2, -0.15) is 0 Å². The van der Waals surface area contributed by atoms with E-state index < -0.39 is 0 Å². The van der Waals surface area contributed by atoms with E-state index in [1.54, 1.807) is 0 Å². The molecule has 3 rings (SSSR count). The molecule has 1 saturated carbocycles. The average Bonchev–Trinajstić information content (AvgIpc) is 2.76. The fraction of sp³-hybridized carbons (Fsp3) is 0.769. The van der Waals surface area contributed by atoms with E-state index in [-0.39, 0.29) is 0 Å². The van der Waals surface area contributed by atoms with Crippen molar-refractivity contribution in [2.24, 2.45) is 0 Å². The van der Waals surface area contributed by atoms with E-state index in [2.05, 4.69) is 17.2 Å². The van der Waals surface area contributed by atoms with Crippen molar-refractivity contribution in [2.75, 3.05) is 6.54 Å². The summed E-state index contributed by atoms with van der Waals surface area (Å²) >= 11 is 0. The van der Waals surface area contributed by atoms with E-state index in [0.717, 1.165) is 24.6 Å². The van der Waals surface area contributed by atoms with Crippen LogP contribution >= 0.6 is 0 Å². The Balaban J connectivity index is 1.70. The molecule has 0 spiro atoms. The second-order valence-electron chi connectivity index (χ2n) is 5.18. The zero-order chi connectivity index (χ0) is 11.0. The fourth-order valence-electron chi connectivity index (χ4n) is 2.63. The third kappa shape index (κ3) is 1.88. The lowest BCUT2D eigenvalue weighted by Gasteiger charge is -2.21. The van der Waals surface area contributed by atoms with Crippen molar-refractivity contribution in [2.45, 2.75) is 57.4 Å². The Bertz CT molecular complexity index is 362. The maximum absolute atomic E-state index is 5.79. The molecule has 3 nitrogen and oxygen atoms in total.